The first kappa shape index (κ1) is 20.2. The van der Waals surface area contributed by atoms with Gasteiger partial charge in [-0.2, -0.15) is 0 Å². The second-order valence-corrected chi connectivity index (χ2v) is 7.52. The van der Waals surface area contributed by atoms with Gasteiger partial charge in [0.1, 0.15) is 10.6 Å². The summed E-state index contributed by atoms with van der Waals surface area (Å²) in [6, 6.07) is 11.8. The van der Waals surface area contributed by atoms with E-state index < -0.39 is 40.6 Å². The Morgan fingerprint density at radius 2 is 1.53 bits per heavy atom. The van der Waals surface area contributed by atoms with Gasteiger partial charge >= 0.3 is 0 Å². The number of carbonyl (C=O) groups excluding carboxylic acids is 1. The minimum Gasteiger partial charge on any atom is -0.320 e. The van der Waals surface area contributed by atoms with Gasteiger partial charge < -0.3 is 5.32 Å². The number of fused-ring (bicyclic) bond motifs is 1. The van der Waals surface area contributed by atoms with E-state index >= 15 is 0 Å². The molecule has 152 valence electrons. The number of anilines is 1. The Morgan fingerprint density at radius 3 is 2.20 bits per heavy atom. The Bertz CT molecular complexity index is 1260. The highest BCUT2D eigenvalue weighted by atomic mass is 35.5. The first-order valence-corrected chi connectivity index (χ1v) is 9.45. The molecule has 1 N–H and O–H groups in total. The smallest absolute Gasteiger partial charge is 0.261 e. The number of hydrogen-bond acceptors (Lipinski definition) is 3. The quantitative estimate of drug-likeness (QED) is 0.216. The van der Waals surface area contributed by atoms with Crippen molar-refractivity contribution < 1.29 is 26.7 Å². The Balaban J connectivity index is 1.72. The standard InChI is InChI=1S/C20H8ClF5N2OS/c21-9-6-5-8(20-28-10-3-1-2-4-12(10)30-20)7-11(9)27-19(29)13-14(22)16(24)18(26)17(25)15(13)23/h1-7H,(H,27,29). The Morgan fingerprint density at radius 1 is 0.900 bits per heavy atom. The summed E-state index contributed by atoms with van der Waals surface area (Å²) in [5, 5.41) is 2.68. The molecule has 1 aromatic heterocycles. The first-order chi connectivity index (χ1) is 14.3. The molecule has 0 unspecified atom stereocenters. The molecule has 0 bridgehead atoms. The minimum absolute atomic E-state index is 0.00270. The largest absolute Gasteiger partial charge is 0.320 e. The fourth-order valence-corrected chi connectivity index (χ4v) is 3.87. The number of benzene rings is 3. The van der Waals surface area contributed by atoms with Crippen molar-refractivity contribution in [1.82, 2.24) is 4.98 Å². The van der Waals surface area contributed by atoms with E-state index in [0.29, 0.717) is 10.6 Å². The third kappa shape index (κ3) is 3.40. The minimum atomic E-state index is -2.35. The number of nitrogens with one attached hydrogen (secondary N) is 1. The van der Waals surface area contributed by atoms with Gasteiger partial charge in [-0.3, -0.25) is 4.79 Å². The molecule has 0 aliphatic heterocycles. The van der Waals surface area contributed by atoms with Crippen LogP contribution in [-0.2, 0) is 0 Å². The maximum atomic E-state index is 13.9. The van der Waals surface area contributed by atoms with E-state index in [-0.39, 0.29) is 10.7 Å². The summed E-state index contributed by atoms with van der Waals surface area (Å²) in [5.41, 5.74) is -0.400. The van der Waals surface area contributed by atoms with Gasteiger partial charge in [-0.05, 0) is 24.3 Å². The lowest BCUT2D eigenvalue weighted by atomic mass is 10.1. The van der Waals surface area contributed by atoms with Crippen molar-refractivity contribution in [3.63, 3.8) is 0 Å². The van der Waals surface area contributed by atoms with Crippen molar-refractivity contribution >= 4 is 44.7 Å². The van der Waals surface area contributed by atoms with Crippen molar-refractivity contribution in [2.24, 2.45) is 0 Å². The number of para-hydroxylation sites is 1. The van der Waals surface area contributed by atoms with E-state index in [2.05, 4.69) is 10.3 Å². The van der Waals surface area contributed by atoms with Crippen LogP contribution in [0.4, 0.5) is 27.6 Å². The topological polar surface area (TPSA) is 42.0 Å². The molecule has 0 saturated heterocycles. The van der Waals surface area contributed by atoms with E-state index in [1.54, 1.807) is 6.07 Å². The number of carbonyl (C=O) groups is 1. The molecule has 4 aromatic rings. The monoisotopic (exact) mass is 454 g/mol. The van der Waals surface area contributed by atoms with Gasteiger partial charge in [-0.15, -0.1) is 11.3 Å². The van der Waals surface area contributed by atoms with Crippen LogP contribution in [0, 0.1) is 29.1 Å². The van der Waals surface area contributed by atoms with Gasteiger partial charge in [-0.1, -0.05) is 29.8 Å². The molecule has 0 atom stereocenters. The number of amides is 1. The average Bonchev–Trinajstić information content (AvgIpc) is 3.17. The molecule has 0 aliphatic carbocycles. The first-order valence-electron chi connectivity index (χ1n) is 8.26. The van der Waals surface area contributed by atoms with Crippen molar-refractivity contribution in [3.8, 4) is 10.6 Å². The van der Waals surface area contributed by atoms with Crippen LogP contribution in [0.25, 0.3) is 20.8 Å². The maximum absolute atomic E-state index is 13.9. The van der Waals surface area contributed by atoms with E-state index in [9.17, 15) is 26.7 Å². The van der Waals surface area contributed by atoms with E-state index in [0.717, 1.165) is 10.2 Å². The summed E-state index contributed by atoms with van der Waals surface area (Å²) < 4.78 is 68.7. The lowest BCUT2D eigenvalue weighted by Gasteiger charge is -2.11. The fraction of sp³-hybridized carbons (Fsp3) is 0. The average molecular weight is 455 g/mol. The summed E-state index contributed by atoms with van der Waals surface area (Å²) in [4.78, 5) is 16.7. The molecular formula is C20H8ClF5N2OS. The van der Waals surface area contributed by atoms with Crippen LogP contribution in [0.3, 0.4) is 0 Å². The van der Waals surface area contributed by atoms with Gasteiger partial charge in [-0.25, -0.2) is 26.9 Å². The molecule has 0 fully saturated rings. The van der Waals surface area contributed by atoms with E-state index in [1.807, 2.05) is 24.3 Å². The van der Waals surface area contributed by atoms with Crippen LogP contribution in [0.1, 0.15) is 10.4 Å². The molecule has 0 aliphatic rings. The molecule has 1 amide bonds. The lowest BCUT2D eigenvalue weighted by molar-refractivity contribution is 0.101. The second kappa shape index (κ2) is 7.66. The molecule has 3 nitrogen and oxygen atoms in total. The normalized spacial score (nSPS) is 11.1. The van der Waals surface area contributed by atoms with Crippen molar-refractivity contribution in [2.45, 2.75) is 0 Å². The SMILES string of the molecule is O=C(Nc1cc(-c2nc3ccccc3s2)ccc1Cl)c1c(F)c(F)c(F)c(F)c1F. The van der Waals surface area contributed by atoms with E-state index in [1.165, 1.54) is 23.5 Å². The van der Waals surface area contributed by atoms with E-state index in [4.69, 9.17) is 11.6 Å². The van der Waals surface area contributed by atoms with Crippen molar-refractivity contribution in [2.75, 3.05) is 5.32 Å². The number of halogens is 6. The highest BCUT2D eigenvalue weighted by Crippen LogP contribution is 2.34. The third-order valence-electron chi connectivity index (χ3n) is 4.19. The van der Waals surface area contributed by atoms with Gasteiger partial charge in [0.15, 0.2) is 23.3 Å². The molecular weight excluding hydrogens is 447 g/mol. The number of hydrogen-bond donors (Lipinski definition) is 1. The van der Waals surface area contributed by atoms with Crippen molar-refractivity contribution in [3.05, 3.63) is 82.1 Å². The Hall–Kier alpha value is -3.04. The highest BCUT2D eigenvalue weighted by molar-refractivity contribution is 7.21. The predicted octanol–water partition coefficient (Wildman–Crippen LogP) is 6.56. The number of rotatable bonds is 3. The predicted molar refractivity (Wildman–Crippen MR) is 104 cm³/mol. The molecule has 3 aromatic carbocycles. The van der Waals surface area contributed by atoms with Crippen LogP contribution in [0.15, 0.2) is 42.5 Å². The summed E-state index contributed by atoms with van der Waals surface area (Å²) >= 11 is 7.40. The zero-order chi connectivity index (χ0) is 21.6. The summed E-state index contributed by atoms with van der Waals surface area (Å²) in [6.45, 7) is 0. The lowest BCUT2D eigenvalue weighted by Crippen LogP contribution is -2.19. The van der Waals surface area contributed by atoms with Gasteiger partial charge in [0, 0.05) is 5.56 Å². The zero-order valence-electron chi connectivity index (χ0n) is 14.6. The number of thiazole rings is 1. The molecule has 10 heteroatoms. The Labute approximate surface area is 174 Å². The Kier molecular flexibility index (Phi) is 5.17. The molecule has 1 heterocycles. The van der Waals surface area contributed by atoms with Gasteiger partial charge in [0.05, 0.1) is 20.9 Å². The number of nitrogens with zero attached hydrogens (tertiary/aromatic N) is 1. The molecule has 0 radical (unpaired) electrons. The van der Waals surface area contributed by atoms with Crippen LogP contribution in [0.2, 0.25) is 5.02 Å². The van der Waals surface area contributed by atoms with Crippen molar-refractivity contribution in [1.29, 1.82) is 0 Å². The summed E-state index contributed by atoms with van der Waals surface area (Å²) in [7, 11) is 0. The van der Waals surface area contributed by atoms with Gasteiger partial charge in [0.2, 0.25) is 5.82 Å². The van der Waals surface area contributed by atoms with Crippen LogP contribution in [0.5, 0.6) is 0 Å². The third-order valence-corrected chi connectivity index (χ3v) is 5.61. The molecule has 0 saturated carbocycles. The zero-order valence-corrected chi connectivity index (χ0v) is 16.1. The van der Waals surface area contributed by atoms with Crippen LogP contribution < -0.4 is 5.32 Å². The van der Waals surface area contributed by atoms with Crippen LogP contribution in [-0.4, -0.2) is 10.9 Å². The second-order valence-electron chi connectivity index (χ2n) is 6.08. The number of aromatic nitrogens is 1. The molecule has 4 rings (SSSR count). The fourth-order valence-electron chi connectivity index (χ4n) is 2.74. The maximum Gasteiger partial charge on any atom is 0.261 e. The summed E-state index contributed by atoms with van der Waals surface area (Å²) in [5.74, 6) is -12.8. The molecule has 0 spiro atoms. The summed E-state index contributed by atoms with van der Waals surface area (Å²) in [6.07, 6.45) is 0. The van der Waals surface area contributed by atoms with Gasteiger partial charge in [0.25, 0.3) is 5.91 Å². The van der Waals surface area contributed by atoms with Crippen LogP contribution >= 0.6 is 22.9 Å². The molecule has 30 heavy (non-hydrogen) atoms. The highest BCUT2D eigenvalue weighted by Gasteiger charge is 2.30.